The van der Waals surface area contributed by atoms with Gasteiger partial charge in [0.05, 0.1) is 17.7 Å². The number of halogens is 2. The molecule has 1 aliphatic heterocycles. The van der Waals surface area contributed by atoms with E-state index in [1.165, 1.54) is 4.90 Å². The normalized spacial score (nSPS) is 25.4. The van der Waals surface area contributed by atoms with Gasteiger partial charge in [0.15, 0.2) is 0 Å². The van der Waals surface area contributed by atoms with Crippen molar-refractivity contribution < 1.29 is 46.0 Å². The van der Waals surface area contributed by atoms with Crippen LogP contribution in [0.15, 0.2) is 53.7 Å². The summed E-state index contributed by atoms with van der Waals surface area (Å²) in [4.78, 5) is 62.3. The van der Waals surface area contributed by atoms with Gasteiger partial charge in [-0.3, -0.25) is 19.1 Å². The molecule has 1 saturated heterocycles. The van der Waals surface area contributed by atoms with Gasteiger partial charge in [-0.05, 0) is 61.5 Å². The lowest BCUT2D eigenvalue weighted by Crippen LogP contribution is -2.60. The van der Waals surface area contributed by atoms with Crippen LogP contribution in [0, 0.1) is 11.3 Å². The number of hydrogen-bond donors (Lipinski definition) is 3. The predicted molar refractivity (Wildman–Crippen MR) is 193 cm³/mol. The second-order valence-corrected chi connectivity index (χ2v) is 18.0. The molecule has 0 spiro atoms. The smallest absolute Gasteiger partial charge is 0.408 e. The Bertz CT molecular complexity index is 1930. The lowest BCUT2D eigenvalue weighted by atomic mass is 9.85. The van der Waals surface area contributed by atoms with Crippen molar-refractivity contribution in [3.05, 3.63) is 59.7 Å². The molecule has 2 aromatic carbocycles. The first kappa shape index (κ1) is 37.7. The van der Waals surface area contributed by atoms with Crippen LogP contribution in [0.4, 0.5) is 13.6 Å². The number of ether oxygens (including phenoxy) is 1. The van der Waals surface area contributed by atoms with E-state index in [1.54, 1.807) is 20.8 Å². The van der Waals surface area contributed by atoms with Gasteiger partial charge < -0.3 is 25.1 Å². The number of likely N-dealkylation sites (tertiary alicyclic amines) is 1. The number of oxime groups is 1. The summed E-state index contributed by atoms with van der Waals surface area (Å²) in [6.07, 6.45) is -1.66. The summed E-state index contributed by atoms with van der Waals surface area (Å²) < 4.78 is 60.9. The number of amides is 4. The van der Waals surface area contributed by atoms with E-state index in [0.717, 1.165) is 35.1 Å². The van der Waals surface area contributed by atoms with Crippen LogP contribution in [0.2, 0.25) is 0 Å². The molecule has 0 bridgehead atoms. The van der Waals surface area contributed by atoms with Crippen molar-refractivity contribution in [3.63, 3.8) is 0 Å². The zero-order valence-electron chi connectivity index (χ0n) is 30.3. The topological polar surface area (TPSA) is 173 Å². The number of hydrogen-bond acceptors (Lipinski definition) is 9. The maximum atomic E-state index is 14.5. The Morgan fingerprint density at radius 1 is 0.907 bits per heavy atom. The van der Waals surface area contributed by atoms with Crippen LogP contribution >= 0.6 is 0 Å². The summed E-state index contributed by atoms with van der Waals surface area (Å²) in [5, 5.41) is 8.83. The molecule has 16 heteroatoms. The molecule has 4 amide bonds. The number of sulfonamides is 1. The summed E-state index contributed by atoms with van der Waals surface area (Å²) in [5.74, 6) is -4.48. The predicted octanol–water partition coefficient (Wildman–Crippen LogP) is 4.24. The molecule has 3 N–H and O–H groups in total. The van der Waals surface area contributed by atoms with Crippen LogP contribution in [0.5, 0.6) is 0 Å². The van der Waals surface area contributed by atoms with Crippen molar-refractivity contribution in [3.8, 4) is 11.1 Å². The average Bonchev–Trinajstić information content (AvgIpc) is 3.97. The van der Waals surface area contributed by atoms with Crippen molar-refractivity contribution >= 4 is 39.5 Å². The van der Waals surface area contributed by atoms with Crippen molar-refractivity contribution in [2.75, 3.05) is 6.54 Å². The van der Waals surface area contributed by atoms with Crippen LogP contribution in [-0.2, 0) is 34.0 Å². The quantitative estimate of drug-likeness (QED) is 0.243. The number of fused-ring (bicyclic) bond motifs is 3. The van der Waals surface area contributed by atoms with E-state index < -0.39 is 87.0 Å². The molecule has 3 saturated carbocycles. The fraction of sp³-hybridized carbons (Fsp3) is 0.553. The van der Waals surface area contributed by atoms with E-state index in [-0.39, 0.29) is 19.1 Å². The largest absolute Gasteiger partial charge is 0.446 e. The van der Waals surface area contributed by atoms with Gasteiger partial charge >= 0.3 is 6.09 Å². The van der Waals surface area contributed by atoms with Crippen molar-refractivity contribution in [1.29, 1.82) is 0 Å². The van der Waals surface area contributed by atoms with Crippen LogP contribution < -0.4 is 15.4 Å². The van der Waals surface area contributed by atoms with Gasteiger partial charge in [0.2, 0.25) is 28.3 Å². The average molecular weight is 770 g/mol. The molecule has 4 aliphatic carbocycles. The van der Waals surface area contributed by atoms with Crippen LogP contribution in [0.1, 0.15) is 83.3 Å². The highest BCUT2D eigenvalue weighted by atomic mass is 32.2. The molecule has 5 aliphatic rings. The van der Waals surface area contributed by atoms with Crippen molar-refractivity contribution in [2.45, 2.75) is 114 Å². The number of alkyl halides is 2. The van der Waals surface area contributed by atoms with Gasteiger partial charge in [-0.1, -0.05) is 74.5 Å². The minimum atomic E-state index is -4.12. The Morgan fingerprint density at radius 3 is 2.04 bits per heavy atom. The van der Waals surface area contributed by atoms with Crippen LogP contribution in [0.25, 0.3) is 11.1 Å². The van der Waals surface area contributed by atoms with Gasteiger partial charge in [0, 0.05) is 17.5 Å². The Labute approximate surface area is 312 Å². The highest BCUT2D eigenvalue weighted by Crippen LogP contribution is 2.48. The number of benzene rings is 2. The third kappa shape index (κ3) is 7.40. The molecule has 54 heavy (non-hydrogen) atoms. The summed E-state index contributed by atoms with van der Waals surface area (Å²) in [6, 6.07) is 12.8. The third-order valence-electron chi connectivity index (χ3n) is 11.0. The summed E-state index contributed by atoms with van der Waals surface area (Å²) in [7, 11) is -4.12. The maximum Gasteiger partial charge on any atom is 0.408 e. The van der Waals surface area contributed by atoms with Crippen LogP contribution in [0.3, 0.4) is 0 Å². The SMILES string of the molecule is CC(C)(C)[C@H](NC(=O)OC1CCCC1)C(=O)N1C[C@H](ON=C2c3ccccc3-c3ccccc32)C[C@H]1C(=O)N[C@]1(C(=O)NS(=O)(=O)C2CC2)C[C@H]1C(F)F. The summed E-state index contributed by atoms with van der Waals surface area (Å²) >= 11 is 0. The molecule has 13 nitrogen and oxygen atoms in total. The number of carbonyl (C=O) groups is 4. The van der Waals surface area contributed by atoms with Crippen LogP contribution in [-0.4, -0.2) is 90.9 Å². The molecule has 4 fully saturated rings. The van der Waals surface area contributed by atoms with E-state index in [4.69, 9.17) is 9.57 Å². The minimum Gasteiger partial charge on any atom is -0.446 e. The molecule has 0 radical (unpaired) electrons. The van der Waals surface area contributed by atoms with Crippen molar-refractivity contribution in [2.24, 2.45) is 16.5 Å². The van der Waals surface area contributed by atoms with E-state index in [2.05, 4.69) is 15.8 Å². The van der Waals surface area contributed by atoms with Gasteiger partial charge in [0.25, 0.3) is 5.91 Å². The molecule has 7 rings (SSSR count). The first-order chi connectivity index (χ1) is 25.6. The number of carbonyl (C=O) groups excluding carboxylic acids is 4. The van der Waals surface area contributed by atoms with Crippen molar-refractivity contribution in [1.82, 2.24) is 20.3 Å². The lowest BCUT2D eigenvalue weighted by Gasteiger charge is -2.35. The second-order valence-electron chi connectivity index (χ2n) is 16.0. The van der Waals surface area contributed by atoms with E-state index in [0.29, 0.717) is 31.4 Å². The lowest BCUT2D eigenvalue weighted by molar-refractivity contribution is -0.143. The number of nitrogens with one attached hydrogen (secondary N) is 3. The third-order valence-corrected chi connectivity index (χ3v) is 12.8. The first-order valence-electron chi connectivity index (χ1n) is 18.5. The second kappa shape index (κ2) is 14.2. The van der Waals surface area contributed by atoms with Gasteiger partial charge in [-0.2, -0.15) is 0 Å². The van der Waals surface area contributed by atoms with Gasteiger partial charge in [-0.25, -0.2) is 22.0 Å². The Balaban J connectivity index is 1.16. The number of nitrogens with zero attached hydrogens (tertiary/aromatic N) is 2. The molecule has 0 unspecified atom stereocenters. The molecular formula is C38H45F2N5O8S. The molecular weight excluding hydrogens is 725 g/mol. The number of alkyl carbamates (subject to hydrolysis) is 1. The molecule has 2 aromatic rings. The van der Waals surface area contributed by atoms with Gasteiger partial charge in [0.1, 0.15) is 35.5 Å². The Morgan fingerprint density at radius 2 is 1.50 bits per heavy atom. The molecule has 290 valence electrons. The fourth-order valence-electron chi connectivity index (χ4n) is 7.75. The van der Waals surface area contributed by atoms with E-state index in [9.17, 15) is 36.4 Å². The molecule has 1 heterocycles. The van der Waals surface area contributed by atoms with E-state index >= 15 is 0 Å². The minimum absolute atomic E-state index is 0.140. The summed E-state index contributed by atoms with van der Waals surface area (Å²) in [5.41, 5.74) is 1.06. The Kier molecular flexibility index (Phi) is 9.94. The molecule has 0 aromatic heterocycles. The maximum absolute atomic E-state index is 14.5. The highest BCUT2D eigenvalue weighted by molar-refractivity contribution is 7.91. The Hall–Kier alpha value is -4.60. The number of rotatable bonds is 11. The monoisotopic (exact) mass is 769 g/mol. The molecule has 5 atom stereocenters. The fourth-order valence-corrected chi connectivity index (χ4v) is 9.11. The zero-order chi connectivity index (χ0) is 38.6. The zero-order valence-corrected chi connectivity index (χ0v) is 31.2. The first-order valence-corrected chi connectivity index (χ1v) is 20.0. The van der Waals surface area contributed by atoms with E-state index in [1.807, 2.05) is 53.3 Å². The van der Waals surface area contributed by atoms with Gasteiger partial charge in [-0.15, -0.1) is 0 Å². The highest BCUT2D eigenvalue weighted by Gasteiger charge is 2.67. The standard InChI is InChI=1S/C38H45F2N5O8S/c1-37(2,3)31(41-36(49)52-21-10-4-5-11-21)34(47)45-20-22(53-43-30-26-14-8-6-12-24(26)25-13-7-9-15-27(25)30)18-29(45)33(46)42-38(19-28(38)32(39)40)35(48)44-54(50,51)23-16-17-23/h6-9,12-15,21-23,28-29,31-32H,4-5,10-11,16-20H2,1-3H3,(H,41,49)(H,42,46)(H,44,48)/t22-,28+,29+,31-,38-/m1/s1. The summed E-state index contributed by atoms with van der Waals surface area (Å²) in [6.45, 7) is 5.05.